The summed E-state index contributed by atoms with van der Waals surface area (Å²) in [5, 5.41) is 2.64. The van der Waals surface area contributed by atoms with Gasteiger partial charge >= 0.3 is 5.97 Å². The van der Waals surface area contributed by atoms with Gasteiger partial charge in [0.1, 0.15) is 0 Å². The molecule has 0 spiro atoms. The van der Waals surface area contributed by atoms with E-state index in [-0.39, 0.29) is 11.8 Å². The molecule has 0 aromatic heterocycles. The number of benzene rings is 1. The lowest BCUT2D eigenvalue weighted by Crippen LogP contribution is -2.21. The van der Waals surface area contributed by atoms with Crippen LogP contribution in [0.5, 0.6) is 0 Å². The number of hydrogen-bond acceptors (Lipinski definition) is 4. The fraction of sp³-hybridized carbons (Fsp3) is 0.267. The first kappa shape index (κ1) is 16.4. The quantitative estimate of drug-likeness (QED) is 0.672. The summed E-state index contributed by atoms with van der Waals surface area (Å²) in [6.07, 6.45) is 1.26. The Bertz CT molecular complexity index is 574. The minimum absolute atomic E-state index is 0.260. The minimum Gasteiger partial charge on any atom is -0.465 e. The number of carbonyl (C=O) groups excluding carboxylic acids is 3. The Morgan fingerprint density at radius 1 is 1.14 bits per heavy atom. The molecule has 1 aromatic rings. The van der Waals surface area contributed by atoms with Crippen molar-refractivity contribution in [2.75, 3.05) is 26.5 Å². The van der Waals surface area contributed by atoms with Gasteiger partial charge < -0.3 is 15.0 Å². The highest BCUT2D eigenvalue weighted by Crippen LogP contribution is 2.11. The molecule has 0 radical (unpaired) electrons. The molecule has 1 N–H and O–H groups in total. The van der Waals surface area contributed by atoms with Crippen LogP contribution in [-0.4, -0.2) is 43.9 Å². The van der Waals surface area contributed by atoms with Crippen LogP contribution in [-0.2, 0) is 14.3 Å². The second kappa shape index (κ2) is 7.23. The molecule has 0 aliphatic rings. The number of likely N-dealkylation sites (N-methyl/N-ethyl adjacent to an activating group) is 1. The number of carbonyl (C=O) groups is 3. The van der Waals surface area contributed by atoms with Gasteiger partial charge in [-0.25, -0.2) is 4.79 Å². The predicted molar refractivity (Wildman–Crippen MR) is 78.9 cm³/mol. The van der Waals surface area contributed by atoms with Crippen molar-refractivity contribution >= 4 is 23.5 Å². The summed E-state index contributed by atoms with van der Waals surface area (Å²) < 4.78 is 4.58. The van der Waals surface area contributed by atoms with Gasteiger partial charge in [-0.05, 0) is 31.2 Å². The molecule has 2 amide bonds. The van der Waals surface area contributed by atoms with Gasteiger partial charge in [-0.1, -0.05) is 0 Å². The first-order valence-electron chi connectivity index (χ1n) is 6.24. The number of nitrogens with zero attached hydrogens (tertiary/aromatic N) is 1. The van der Waals surface area contributed by atoms with Crippen LogP contribution >= 0.6 is 0 Å². The van der Waals surface area contributed by atoms with Gasteiger partial charge in [0.25, 0.3) is 5.91 Å². The number of amides is 2. The molecular formula is C15H18N2O4. The number of hydrogen-bond donors (Lipinski definition) is 1. The van der Waals surface area contributed by atoms with E-state index in [0.717, 1.165) is 0 Å². The maximum absolute atomic E-state index is 11.9. The normalized spacial score (nSPS) is 10.8. The molecule has 21 heavy (non-hydrogen) atoms. The summed E-state index contributed by atoms with van der Waals surface area (Å²) in [5.41, 5.74) is 1.22. The molecule has 0 fully saturated rings. The highest BCUT2D eigenvalue weighted by Gasteiger charge is 2.09. The SMILES string of the molecule is COC(=O)c1ccc(NC(=O)/C(C)=C/C(=O)N(C)C)cc1. The Kier molecular flexibility index (Phi) is 5.66. The van der Waals surface area contributed by atoms with Gasteiger partial charge in [0.2, 0.25) is 5.91 Å². The Morgan fingerprint density at radius 2 is 1.71 bits per heavy atom. The van der Waals surface area contributed by atoms with Crippen molar-refractivity contribution in [3.05, 3.63) is 41.5 Å². The van der Waals surface area contributed by atoms with Crippen molar-refractivity contribution in [1.29, 1.82) is 0 Å². The van der Waals surface area contributed by atoms with E-state index in [1.165, 1.54) is 18.1 Å². The van der Waals surface area contributed by atoms with Crippen LogP contribution in [0.2, 0.25) is 0 Å². The molecule has 0 atom stereocenters. The third kappa shape index (κ3) is 4.76. The maximum Gasteiger partial charge on any atom is 0.337 e. The number of esters is 1. The van der Waals surface area contributed by atoms with Crippen LogP contribution in [0.25, 0.3) is 0 Å². The van der Waals surface area contributed by atoms with Gasteiger partial charge in [-0.2, -0.15) is 0 Å². The van der Waals surface area contributed by atoms with Crippen LogP contribution in [0.15, 0.2) is 35.9 Å². The van der Waals surface area contributed by atoms with E-state index in [1.807, 2.05) is 0 Å². The van der Waals surface area contributed by atoms with E-state index >= 15 is 0 Å². The molecule has 6 nitrogen and oxygen atoms in total. The van der Waals surface area contributed by atoms with Gasteiger partial charge in [0, 0.05) is 31.4 Å². The smallest absolute Gasteiger partial charge is 0.337 e. The van der Waals surface area contributed by atoms with Crippen LogP contribution < -0.4 is 5.32 Å². The number of nitrogens with one attached hydrogen (secondary N) is 1. The van der Waals surface area contributed by atoms with Crippen LogP contribution in [0.3, 0.4) is 0 Å². The summed E-state index contributed by atoms with van der Waals surface area (Å²) in [7, 11) is 4.51. The summed E-state index contributed by atoms with van der Waals surface area (Å²) >= 11 is 0. The summed E-state index contributed by atoms with van der Waals surface area (Å²) in [6.45, 7) is 1.56. The lowest BCUT2D eigenvalue weighted by Gasteiger charge is -2.09. The average Bonchev–Trinajstić information content (AvgIpc) is 2.46. The van der Waals surface area contributed by atoms with Crippen LogP contribution in [0.4, 0.5) is 5.69 Å². The Morgan fingerprint density at radius 3 is 2.19 bits per heavy atom. The van der Waals surface area contributed by atoms with Crippen LogP contribution in [0, 0.1) is 0 Å². The number of ether oxygens (including phenoxy) is 1. The molecule has 0 aliphatic carbocycles. The van der Waals surface area contributed by atoms with E-state index < -0.39 is 5.97 Å². The zero-order valence-corrected chi connectivity index (χ0v) is 12.5. The first-order valence-corrected chi connectivity index (χ1v) is 6.24. The van der Waals surface area contributed by atoms with Gasteiger partial charge in [0.15, 0.2) is 0 Å². The Labute approximate surface area is 123 Å². The predicted octanol–water partition coefficient (Wildman–Crippen LogP) is 1.45. The van der Waals surface area contributed by atoms with Crippen molar-refractivity contribution in [2.24, 2.45) is 0 Å². The topological polar surface area (TPSA) is 75.7 Å². The Hall–Kier alpha value is -2.63. The van der Waals surface area contributed by atoms with E-state index in [9.17, 15) is 14.4 Å². The van der Waals surface area contributed by atoms with Crippen molar-refractivity contribution in [2.45, 2.75) is 6.92 Å². The summed E-state index contributed by atoms with van der Waals surface area (Å²) in [6, 6.07) is 6.27. The van der Waals surface area contributed by atoms with E-state index in [2.05, 4.69) is 10.1 Å². The highest BCUT2D eigenvalue weighted by molar-refractivity contribution is 6.07. The monoisotopic (exact) mass is 290 g/mol. The molecule has 112 valence electrons. The first-order chi connectivity index (χ1) is 9.85. The second-order valence-electron chi connectivity index (χ2n) is 4.58. The molecule has 0 bridgehead atoms. The van der Waals surface area contributed by atoms with Crippen LogP contribution in [0.1, 0.15) is 17.3 Å². The third-order valence-corrected chi connectivity index (χ3v) is 2.70. The molecule has 0 unspecified atom stereocenters. The zero-order chi connectivity index (χ0) is 16.0. The molecule has 6 heteroatoms. The number of anilines is 1. The van der Waals surface area contributed by atoms with Gasteiger partial charge in [-0.15, -0.1) is 0 Å². The zero-order valence-electron chi connectivity index (χ0n) is 12.5. The maximum atomic E-state index is 11.9. The summed E-state index contributed by atoms with van der Waals surface area (Å²) in [5.74, 6) is -1.08. The standard InChI is InChI=1S/C15H18N2O4/c1-10(9-13(18)17(2)3)14(19)16-12-7-5-11(6-8-12)15(20)21-4/h5-9H,1-4H3,(H,16,19)/b10-9+. The van der Waals surface area contributed by atoms with Crippen molar-refractivity contribution in [3.63, 3.8) is 0 Å². The largest absolute Gasteiger partial charge is 0.465 e. The lowest BCUT2D eigenvalue weighted by atomic mass is 10.2. The Balaban J connectivity index is 2.75. The molecule has 0 aliphatic heterocycles. The minimum atomic E-state index is -0.444. The number of methoxy groups -OCH3 is 1. The molecule has 1 rings (SSSR count). The van der Waals surface area contributed by atoms with Crippen molar-refractivity contribution in [1.82, 2.24) is 4.90 Å². The van der Waals surface area contributed by atoms with E-state index in [4.69, 9.17) is 0 Å². The van der Waals surface area contributed by atoms with Gasteiger partial charge in [-0.3, -0.25) is 9.59 Å². The molecular weight excluding hydrogens is 272 g/mol. The van der Waals surface area contributed by atoms with Gasteiger partial charge in [0.05, 0.1) is 12.7 Å². The van der Waals surface area contributed by atoms with E-state index in [0.29, 0.717) is 16.8 Å². The molecule has 0 saturated carbocycles. The average molecular weight is 290 g/mol. The third-order valence-electron chi connectivity index (χ3n) is 2.70. The second-order valence-corrected chi connectivity index (χ2v) is 4.58. The summed E-state index contributed by atoms with van der Waals surface area (Å²) in [4.78, 5) is 36.0. The molecule has 0 saturated heterocycles. The fourth-order valence-electron chi connectivity index (χ4n) is 1.42. The lowest BCUT2D eigenvalue weighted by molar-refractivity contribution is -0.124. The fourth-order valence-corrected chi connectivity index (χ4v) is 1.42. The van der Waals surface area contributed by atoms with Crippen molar-refractivity contribution in [3.8, 4) is 0 Å². The molecule has 1 aromatic carbocycles. The highest BCUT2D eigenvalue weighted by atomic mass is 16.5. The van der Waals surface area contributed by atoms with Crippen molar-refractivity contribution < 1.29 is 19.1 Å². The molecule has 0 heterocycles. The number of rotatable bonds is 4. The van der Waals surface area contributed by atoms with E-state index in [1.54, 1.807) is 45.3 Å².